The molecule has 0 radical (unpaired) electrons. The fourth-order valence-corrected chi connectivity index (χ4v) is 3.61. The van der Waals surface area contributed by atoms with Crippen LogP contribution >= 0.6 is 0 Å². The third-order valence-corrected chi connectivity index (χ3v) is 5.52. The van der Waals surface area contributed by atoms with Crippen LogP contribution in [0.4, 0.5) is 5.69 Å². The fourth-order valence-electron chi connectivity index (χ4n) is 3.61. The number of nitrogens with one attached hydrogen (secondary N) is 1. The van der Waals surface area contributed by atoms with Gasteiger partial charge in [-0.3, -0.25) is 14.5 Å². The van der Waals surface area contributed by atoms with Crippen LogP contribution in [0.25, 0.3) is 5.57 Å². The number of amides is 2. The number of furan rings is 1. The molecule has 0 atom stereocenters. The van der Waals surface area contributed by atoms with Crippen molar-refractivity contribution in [3.05, 3.63) is 82.9 Å². The van der Waals surface area contributed by atoms with E-state index in [0.717, 1.165) is 11.1 Å². The van der Waals surface area contributed by atoms with Gasteiger partial charge >= 0.3 is 0 Å². The Morgan fingerprint density at radius 2 is 1.75 bits per heavy atom. The first-order valence-corrected chi connectivity index (χ1v) is 10.1. The molecule has 2 amide bonds. The second kappa shape index (κ2) is 8.63. The van der Waals surface area contributed by atoms with Crippen LogP contribution < -0.4 is 14.8 Å². The molecule has 7 nitrogen and oxygen atoms in total. The minimum atomic E-state index is -0.440. The van der Waals surface area contributed by atoms with Crippen LogP contribution in [0.15, 0.2) is 64.9 Å². The van der Waals surface area contributed by atoms with Gasteiger partial charge < -0.3 is 19.2 Å². The Morgan fingerprint density at radius 3 is 2.41 bits per heavy atom. The zero-order valence-corrected chi connectivity index (χ0v) is 18.4. The van der Waals surface area contributed by atoms with Crippen molar-refractivity contribution in [3.63, 3.8) is 0 Å². The molecule has 0 spiro atoms. The van der Waals surface area contributed by atoms with E-state index in [1.807, 2.05) is 32.0 Å². The second-order valence-corrected chi connectivity index (χ2v) is 7.52. The topological polar surface area (TPSA) is 81.0 Å². The van der Waals surface area contributed by atoms with Crippen molar-refractivity contribution in [1.82, 2.24) is 4.90 Å². The fraction of sp³-hybridized carbons (Fsp3) is 0.200. The highest BCUT2D eigenvalue weighted by Gasteiger charge is 2.40. The van der Waals surface area contributed by atoms with Crippen molar-refractivity contribution in [2.45, 2.75) is 20.4 Å². The van der Waals surface area contributed by atoms with Gasteiger partial charge in [0, 0.05) is 6.07 Å². The number of imide groups is 1. The van der Waals surface area contributed by atoms with Gasteiger partial charge in [0.2, 0.25) is 0 Å². The number of methoxy groups -OCH3 is 2. The van der Waals surface area contributed by atoms with Gasteiger partial charge in [-0.1, -0.05) is 18.2 Å². The van der Waals surface area contributed by atoms with Crippen LogP contribution in [0.5, 0.6) is 11.5 Å². The molecule has 2 aromatic carbocycles. The summed E-state index contributed by atoms with van der Waals surface area (Å²) in [5.41, 5.74) is 3.79. The highest BCUT2D eigenvalue weighted by Crippen LogP contribution is 2.36. The molecular weight excluding hydrogens is 408 g/mol. The Kier molecular flexibility index (Phi) is 5.73. The van der Waals surface area contributed by atoms with Crippen LogP contribution in [0.1, 0.15) is 22.5 Å². The van der Waals surface area contributed by atoms with Gasteiger partial charge in [-0.2, -0.15) is 0 Å². The summed E-state index contributed by atoms with van der Waals surface area (Å²) in [5, 5.41) is 3.14. The van der Waals surface area contributed by atoms with E-state index >= 15 is 0 Å². The number of carbonyl (C=O) groups is 2. The normalized spacial score (nSPS) is 13.7. The maximum absolute atomic E-state index is 13.4. The van der Waals surface area contributed by atoms with Gasteiger partial charge in [0.25, 0.3) is 11.8 Å². The molecule has 3 aromatic rings. The minimum Gasteiger partial charge on any atom is -0.497 e. The summed E-state index contributed by atoms with van der Waals surface area (Å²) in [4.78, 5) is 28.0. The van der Waals surface area contributed by atoms with E-state index in [1.54, 1.807) is 37.4 Å². The van der Waals surface area contributed by atoms with E-state index in [1.165, 1.54) is 18.3 Å². The van der Waals surface area contributed by atoms with Crippen LogP contribution in [0.2, 0.25) is 0 Å². The smallest absolute Gasteiger partial charge is 0.278 e. The van der Waals surface area contributed by atoms with Gasteiger partial charge in [0.15, 0.2) is 0 Å². The quantitative estimate of drug-likeness (QED) is 0.561. The summed E-state index contributed by atoms with van der Waals surface area (Å²) >= 11 is 0. The molecule has 164 valence electrons. The number of ether oxygens (including phenoxy) is 2. The molecular formula is C25H24N2O5. The van der Waals surface area contributed by atoms with Crippen molar-refractivity contribution in [1.29, 1.82) is 0 Å². The molecule has 0 saturated heterocycles. The predicted octanol–water partition coefficient (Wildman–Crippen LogP) is 4.31. The number of benzene rings is 2. The van der Waals surface area contributed by atoms with E-state index in [9.17, 15) is 9.59 Å². The average Bonchev–Trinajstić information content (AvgIpc) is 3.39. The monoisotopic (exact) mass is 432 g/mol. The SMILES string of the molecule is COc1ccc(OC)c(NC2=C(c3ccc(C)c(C)c3)C(=O)N(Cc3ccco3)C2=O)c1. The number of aryl methyl sites for hydroxylation is 2. The lowest BCUT2D eigenvalue weighted by molar-refractivity contribution is -0.137. The van der Waals surface area contributed by atoms with Crippen molar-refractivity contribution < 1.29 is 23.5 Å². The Bertz CT molecular complexity index is 1210. The van der Waals surface area contributed by atoms with E-state index in [-0.39, 0.29) is 18.1 Å². The molecule has 7 heteroatoms. The van der Waals surface area contributed by atoms with Gasteiger partial charge in [0.1, 0.15) is 23.0 Å². The molecule has 0 saturated carbocycles. The maximum atomic E-state index is 13.4. The molecule has 1 N–H and O–H groups in total. The zero-order valence-electron chi connectivity index (χ0n) is 18.4. The average molecular weight is 432 g/mol. The van der Waals surface area contributed by atoms with Crippen molar-refractivity contribution in [2.24, 2.45) is 0 Å². The summed E-state index contributed by atoms with van der Waals surface area (Å²) < 4.78 is 16.1. The summed E-state index contributed by atoms with van der Waals surface area (Å²) in [6.07, 6.45) is 1.51. The summed E-state index contributed by atoms with van der Waals surface area (Å²) in [7, 11) is 3.09. The lowest BCUT2D eigenvalue weighted by atomic mass is 9.99. The third kappa shape index (κ3) is 3.85. The molecule has 1 aliphatic rings. The number of hydrogen-bond acceptors (Lipinski definition) is 6. The van der Waals surface area contributed by atoms with Gasteiger partial charge in [-0.25, -0.2) is 0 Å². The van der Waals surface area contributed by atoms with Gasteiger partial charge in [-0.15, -0.1) is 0 Å². The standard InChI is InChI=1S/C25H24N2O5/c1-15-7-8-17(12-16(15)2)22-23(26-20-13-18(30-3)9-10-21(20)31-4)25(29)27(24(22)28)14-19-6-5-11-32-19/h5-13,26H,14H2,1-4H3. The third-order valence-electron chi connectivity index (χ3n) is 5.52. The predicted molar refractivity (Wildman–Crippen MR) is 120 cm³/mol. The van der Waals surface area contributed by atoms with Gasteiger partial charge in [-0.05, 0) is 54.8 Å². The summed E-state index contributed by atoms with van der Waals surface area (Å²) in [5.74, 6) is 0.795. The maximum Gasteiger partial charge on any atom is 0.278 e. The first kappa shape index (κ1) is 21.2. The number of rotatable bonds is 7. The molecule has 1 aliphatic heterocycles. The molecule has 0 unspecified atom stereocenters. The summed E-state index contributed by atoms with van der Waals surface area (Å²) in [6.45, 7) is 4.01. The minimum absolute atomic E-state index is 0.0411. The highest BCUT2D eigenvalue weighted by molar-refractivity contribution is 6.36. The first-order valence-electron chi connectivity index (χ1n) is 10.1. The molecule has 32 heavy (non-hydrogen) atoms. The lowest BCUT2D eigenvalue weighted by Gasteiger charge is -2.15. The Hall–Kier alpha value is -4.00. The van der Waals surface area contributed by atoms with Crippen molar-refractivity contribution in [2.75, 3.05) is 19.5 Å². The van der Waals surface area contributed by atoms with Crippen LogP contribution in [0, 0.1) is 13.8 Å². The Balaban J connectivity index is 1.81. The van der Waals surface area contributed by atoms with Crippen LogP contribution in [-0.2, 0) is 16.1 Å². The van der Waals surface area contributed by atoms with Crippen molar-refractivity contribution >= 4 is 23.1 Å². The van der Waals surface area contributed by atoms with Gasteiger partial charge in [0.05, 0.1) is 38.3 Å². The second-order valence-electron chi connectivity index (χ2n) is 7.52. The molecule has 1 aromatic heterocycles. The first-order chi connectivity index (χ1) is 15.4. The van der Waals surface area contributed by atoms with Crippen molar-refractivity contribution in [3.8, 4) is 11.5 Å². The van der Waals surface area contributed by atoms with E-state index in [0.29, 0.717) is 34.1 Å². The van der Waals surface area contributed by atoms with E-state index in [2.05, 4.69) is 5.32 Å². The molecule has 0 fully saturated rings. The highest BCUT2D eigenvalue weighted by atomic mass is 16.5. The van der Waals surface area contributed by atoms with Crippen LogP contribution in [0.3, 0.4) is 0 Å². The number of carbonyl (C=O) groups excluding carboxylic acids is 2. The number of hydrogen-bond donors (Lipinski definition) is 1. The number of nitrogens with zero attached hydrogens (tertiary/aromatic N) is 1. The van der Waals surface area contributed by atoms with E-state index in [4.69, 9.17) is 13.9 Å². The lowest BCUT2D eigenvalue weighted by Crippen LogP contribution is -2.31. The molecule has 4 rings (SSSR count). The number of anilines is 1. The largest absolute Gasteiger partial charge is 0.497 e. The van der Waals surface area contributed by atoms with Crippen LogP contribution in [-0.4, -0.2) is 30.9 Å². The Morgan fingerprint density at radius 1 is 0.938 bits per heavy atom. The van der Waals surface area contributed by atoms with E-state index < -0.39 is 5.91 Å². The Labute approximate surface area is 186 Å². The summed E-state index contributed by atoms with van der Waals surface area (Å²) in [6, 6.07) is 14.4. The molecule has 0 aliphatic carbocycles. The molecule has 2 heterocycles. The zero-order chi connectivity index (χ0) is 22.8. The molecule has 0 bridgehead atoms.